The number of hydrogen-bond donors (Lipinski definition) is 3. The molecule has 0 spiro atoms. The highest BCUT2D eigenvalue weighted by Gasteiger charge is 2.36. The molecule has 2 atom stereocenters. The molecule has 2 rings (SSSR count). The van der Waals surface area contributed by atoms with E-state index in [0.717, 1.165) is 6.07 Å². The Hall–Kier alpha value is -1.87. The van der Waals surface area contributed by atoms with Gasteiger partial charge in [-0.2, -0.15) is 0 Å². The lowest BCUT2D eigenvalue weighted by Crippen LogP contribution is -2.50. The number of nitrogens with zero attached hydrogens (tertiary/aromatic N) is 1. The third-order valence-electron chi connectivity index (χ3n) is 3.68. The Morgan fingerprint density at radius 1 is 1.36 bits per heavy atom. The molecule has 9 heteroatoms. The van der Waals surface area contributed by atoms with E-state index in [0.29, 0.717) is 17.4 Å². The van der Waals surface area contributed by atoms with Crippen LogP contribution in [0.15, 0.2) is 18.2 Å². The summed E-state index contributed by atoms with van der Waals surface area (Å²) in [6.07, 6.45) is 0. The number of hydrogen-bond acceptors (Lipinski definition) is 7. The van der Waals surface area contributed by atoms with E-state index in [1.54, 1.807) is 6.92 Å². The summed E-state index contributed by atoms with van der Waals surface area (Å²) in [6, 6.07) is 2.38. The van der Waals surface area contributed by atoms with Crippen LogP contribution in [0.25, 0.3) is 0 Å². The molecule has 0 bridgehead atoms. The average molecular weight is 384 g/mol. The maximum atomic E-state index is 12.6. The van der Waals surface area contributed by atoms with E-state index < -0.39 is 23.7 Å². The smallest absolute Gasteiger partial charge is 0.252 e. The van der Waals surface area contributed by atoms with Crippen LogP contribution in [0, 0.1) is 0 Å². The van der Waals surface area contributed by atoms with Crippen LogP contribution in [0.5, 0.6) is 11.5 Å². The van der Waals surface area contributed by atoms with Gasteiger partial charge in [0.05, 0.1) is 5.88 Å². The molecule has 7 nitrogen and oxygen atoms in total. The normalized spacial score (nSPS) is 18.0. The van der Waals surface area contributed by atoms with E-state index in [4.69, 9.17) is 0 Å². The van der Waals surface area contributed by atoms with Crippen molar-refractivity contribution in [3.8, 4) is 11.5 Å². The van der Waals surface area contributed by atoms with Gasteiger partial charge in [-0.05, 0) is 30.9 Å². The van der Waals surface area contributed by atoms with Crippen molar-refractivity contribution < 1.29 is 24.6 Å². The van der Waals surface area contributed by atoms with Gasteiger partial charge in [0.15, 0.2) is 11.5 Å². The van der Waals surface area contributed by atoms with Crippen LogP contribution in [-0.4, -0.2) is 61.5 Å². The number of benzene rings is 1. The summed E-state index contributed by atoms with van der Waals surface area (Å²) in [7, 11) is 0. The summed E-state index contributed by atoms with van der Waals surface area (Å²) < 4.78 is 0. The lowest BCUT2D eigenvalue weighted by Gasteiger charge is -2.25. The van der Waals surface area contributed by atoms with Crippen LogP contribution < -0.4 is 5.32 Å². The average Bonchev–Trinajstić information content (AvgIpc) is 3.06. The second-order valence-corrected chi connectivity index (χ2v) is 7.74. The van der Waals surface area contributed by atoms with Crippen molar-refractivity contribution in [2.24, 2.45) is 0 Å². The summed E-state index contributed by atoms with van der Waals surface area (Å²) in [5, 5.41) is 21.3. The molecule has 1 aliphatic heterocycles. The topological polar surface area (TPSA) is 107 Å². The van der Waals surface area contributed by atoms with Gasteiger partial charge in [-0.3, -0.25) is 14.4 Å². The van der Waals surface area contributed by atoms with Crippen molar-refractivity contribution in [3.63, 3.8) is 0 Å². The molecular weight excluding hydrogens is 364 g/mol. The number of thioether (sulfide) groups is 2. The molecule has 1 aromatic rings. The molecule has 1 aliphatic rings. The molecule has 1 fully saturated rings. The first-order valence-electron chi connectivity index (χ1n) is 7.72. The SMILES string of the molecule is CCSC(=O)C1CSCN1C(=O)C(C)NC(=O)c1ccc(O)c(O)c1. The molecule has 3 N–H and O–H groups in total. The summed E-state index contributed by atoms with van der Waals surface area (Å²) in [5.41, 5.74) is 0.125. The molecule has 1 heterocycles. The fourth-order valence-corrected chi connectivity index (χ4v) is 4.31. The standard InChI is InChI=1S/C16H20N2O5S2/c1-3-25-16(23)11-7-24-8-18(11)15(22)9(2)17-14(21)10-4-5-12(19)13(20)6-10/h4-6,9,11,19-20H,3,7-8H2,1-2H3,(H,17,21). The van der Waals surface area contributed by atoms with Gasteiger partial charge in [-0.1, -0.05) is 18.7 Å². The van der Waals surface area contributed by atoms with E-state index in [-0.39, 0.29) is 22.3 Å². The predicted molar refractivity (Wildman–Crippen MR) is 97.8 cm³/mol. The van der Waals surface area contributed by atoms with Gasteiger partial charge in [0.1, 0.15) is 12.1 Å². The fraction of sp³-hybridized carbons (Fsp3) is 0.438. The number of carbonyl (C=O) groups is 3. The maximum absolute atomic E-state index is 12.6. The zero-order chi connectivity index (χ0) is 18.6. The van der Waals surface area contributed by atoms with Gasteiger partial charge in [0, 0.05) is 11.3 Å². The number of aromatic hydroxyl groups is 2. The number of rotatable bonds is 5. The lowest BCUT2D eigenvalue weighted by molar-refractivity contribution is -0.136. The number of amides is 2. The highest BCUT2D eigenvalue weighted by atomic mass is 32.2. The monoisotopic (exact) mass is 384 g/mol. The minimum absolute atomic E-state index is 0.0390. The molecule has 2 unspecified atom stereocenters. The number of phenols is 2. The molecule has 0 aliphatic carbocycles. The Kier molecular flexibility index (Phi) is 6.60. The molecule has 1 saturated heterocycles. The van der Waals surface area contributed by atoms with Crippen molar-refractivity contribution in [1.82, 2.24) is 10.2 Å². The highest BCUT2D eigenvalue weighted by Crippen LogP contribution is 2.26. The predicted octanol–water partition coefficient (Wildman–Crippen LogP) is 1.40. The number of nitrogens with one attached hydrogen (secondary N) is 1. The third kappa shape index (κ3) is 4.60. The first-order valence-corrected chi connectivity index (χ1v) is 9.86. The van der Waals surface area contributed by atoms with Gasteiger partial charge < -0.3 is 20.4 Å². The van der Waals surface area contributed by atoms with Crippen LogP contribution in [0.4, 0.5) is 0 Å². The molecule has 0 aromatic heterocycles. The van der Waals surface area contributed by atoms with Gasteiger partial charge in [0.25, 0.3) is 5.91 Å². The van der Waals surface area contributed by atoms with Gasteiger partial charge in [-0.15, -0.1) is 11.8 Å². The fourth-order valence-electron chi connectivity index (χ4n) is 2.35. The largest absolute Gasteiger partial charge is 0.504 e. The Morgan fingerprint density at radius 3 is 2.72 bits per heavy atom. The van der Waals surface area contributed by atoms with Crippen molar-refractivity contribution in [2.75, 3.05) is 17.4 Å². The zero-order valence-corrected chi connectivity index (χ0v) is 15.5. The van der Waals surface area contributed by atoms with Crippen molar-refractivity contribution in [3.05, 3.63) is 23.8 Å². The summed E-state index contributed by atoms with van der Waals surface area (Å²) >= 11 is 2.70. The quantitative estimate of drug-likeness (QED) is 0.659. The molecular formula is C16H20N2O5S2. The number of carbonyl (C=O) groups excluding carboxylic acids is 3. The second-order valence-electron chi connectivity index (χ2n) is 5.47. The summed E-state index contributed by atoms with van der Waals surface area (Å²) in [5.74, 6) is 0.0159. The van der Waals surface area contributed by atoms with Gasteiger partial charge >= 0.3 is 0 Å². The Bertz CT molecular complexity index is 682. The summed E-state index contributed by atoms with van der Waals surface area (Å²) in [6.45, 7) is 3.44. The van der Waals surface area contributed by atoms with E-state index in [1.807, 2.05) is 6.92 Å². The zero-order valence-electron chi connectivity index (χ0n) is 13.9. The minimum atomic E-state index is -0.816. The number of phenolic OH excluding ortho intramolecular Hbond substituents is 2. The minimum Gasteiger partial charge on any atom is -0.504 e. The van der Waals surface area contributed by atoms with E-state index in [2.05, 4.69) is 5.32 Å². The molecule has 1 aromatic carbocycles. The van der Waals surface area contributed by atoms with Crippen LogP contribution in [0.1, 0.15) is 24.2 Å². The van der Waals surface area contributed by atoms with Crippen LogP contribution in [0.2, 0.25) is 0 Å². The molecule has 136 valence electrons. The van der Waals surface area contributed by atoms with E-state index in [9.17, 15) is 24.6 Å². The van der Waals surface area contributed by atoms with Crippen LogP contribution in [0.3, 0.4) is 0 Å². The Balaban J connectivity index is 2.02. The molecule has 25 heavy (non-hydrogen) atoms. The first-order chi connectivity index (χ1) is 11.8. The summed E-state index contributed by atoms with van der Waals surface area (Å²) in [4.78, 5) is 38.4. The highest BCUT2D eigenvalue weighted by molar-refractivity contribution is 8.13. The van der Waals surface area contributed by atoms with Crippen molar-refractivity contribution in [1.29, 1.82) is 0 Å². The van der Waals surface area contributed by atoms with Gasteiger partial charge in [-0.25, -0.2) is 0 Å². The lowest BCUT2D eigenvalue weighted by atomic mass is 10.1. The van der Waals surface area contributed by atoms with Crippen molar-refractivity contribution in [2.45, 2.75) is 25.9 Å². The van der Waals surface area contributed by atoms with E-state index >= 15 is 0 Å². The maximum Gasteiger partial charge on any atom is 0.252 e. The van der Waals surface area contributed by atoms with Crippen LogP contribution >= 0.6 is 23.5 Å². The second kappa shape index (κ2) is 8.48. The van der Waals surface area contributed by atoms with Gasteiger partial charge in [0.2, 0.25) is 11.0 Å². The molecule has 0 saturated carbocycles. The molecule has 0 radical (unpaired) electrons. The Labute approximate surface area is 154 Å². The third-order valence-corrected chi connectivity index (χ3v) is 5.54. The first kappa shape index (κ1) is 19.5. The molecule has 2 amide bonds. The Morgan fingerprint density at radius 2 is 2.08 bits per heavy atom. The van der Waals surface area contributed by atoms with E-state index in [1.165, 1.54) is 40.6 Å². The van der Waals surface area contributed by atoms with Crippen molar-refractivity contribution >= 4 is 40.5 Å². The van der Waals surface area contributed by atoms with Crippen LogP contribution in [-0.2, 0) is 9.59 Å².